The number of hydrogen-bond donors (Lipinski definition) is 1. The smallest absolute Gasteiger partial charge is 0.451 e. The van der Waals surface area contributed by atoms with E-state index in [0.717, 1.165) is 22.0 Å². The Labute approximate surface area is 409 Å². The van der Waals surface area contributed by atoms with E-state index in [2.05, 4.69) is 60.7 Å². The first kappa shape index (κ1) is 52.4. The minimum atomic E-state index is -4.67. The molecule has 2 aliphatic heterocycles. The number of esters is 1. The van der Waals surface area contributed by atoms with Gasteiger partial charge in [0.15, 0.2) is 12.3 Å². The third-order valence-corrected chi connectivity index (χ3v) is 24.2. The molecule has 0 spiro atoms. The zero-order valence-electron chi connectivity index (χ0n) is 41.7. The Kier molecular flexibility index (Phi) is 16.6. The predicted molar refractivity (Wildman–Crippen MR) is 270 cm³/mol. The minimum Gasteiger partial charge on any atom is -0.451 e. The highest BCUT2D eigenvalue weighted by atomic mass is 31.2. The molecule has 0 bridgehead atoms. The Bertz CT molecular complexity index is 2490. The van der Waals surface area contributed by atoms with Crippen molar-refractivity contribution in [1.82, 2.24) is 4.57 Å². The van der Waals surface area contributed by atoms with Gasteiger partial charge in [0.2, 0.25) is 0 Å². The predicted octanol–water partition coefficient (Wildman–Crippen LogP) is 13.0. The molecule has 2 saturated heterocycles. The summed E-state index contributed by atoms with van der Waals surface area (Å²) in [6, 6.07) is 34.8. The zero-order valence-corrected chi connectivity index (χ0v) is 44.6. The van der Waals surface area contributed by atoms with E-state index in [1.165, 1.54) is 0 Å². The Balaban J connectivity index is 1.42. The first-order valence-electron chi connectivity index (χ1n) is 23.9. The number of ether oxygens (including phenoxy) is 3. The summed E-state index contributed by atoms with van der Waals surface area (Å²) in [6.07, 6.45) is -4.85. The average Bonchev–Trinajstić information content (AvgIpc) is 3.73. The molecule has 1 aromatic heterocycles. The van der Waals surface area contributed by atoms with Crippen LogP contribution < -0.4 is 5.32 Å². The summed E-state index contributed by atoms with van der Waals surface area (Å²) in [5.41, 5.74) is 1.38. The molecule has 2 fully saturated rings. The number of aromatic nitrogens is 1. The number of phosphoric acid groups is 1. The molecule has 372 valence electrons. The van der Waals surface area contributed by atoms with Gasteiger partial charge in [0, 0.05) is 6.20 Å². The van der Waals surface area contributed by atoms with Crippen molar-refractivity contribution in [1.29, 1.82) is 0 Å². The lowest BCUT2D eigenvalue weighted by Gasteiger charge is -2.55. The van der Waals surface area contributed by atoms with Crippen molar-refractivity contribution in [2.24, 2.45) is 0 Å². The van der Waals surface area contributed by atoms with Crippen LogP contribution in [0.25, 0.3) is 10.9 Å². The van der Waals surface area contributed by atoms with Gasteiger partial charge in [0.25, 0.3) is 0 Å². The van der Waals surface area contributed by atoms with Crippen LogP contribution in [0.2, 0.25) is 22.2 Å². The summed E-state index contributed by atoms with van der Waals surface area (Å²) in [5, 5.41) is 3.62. The summed E-state index contributed by atoms with van der Waals surface area (Å²) in [7, 11) is -11.2. The third kappa shape index (κ3) is 12.0. The third-order valence-electron chi connectivity index (χ3n) is 12.6. The van der Waals surface area contributed by atoms with Gasteiger partial charge in [-0.2, -0.15) is 0 Å². The molecule has 0 radical (unpaired) electrons. The van der Waals surface area contributed by atoms with Gasteiger partial charge in [-0.25, -0.2) is 14.2 Å². The van der Waals surface area contributed by atoms with Crippen LogP contribution in [0.1, 0.15) is 104 Å². The number of carbonyl (C=O) groups is 2. The second-order valence-electron chi connectivity index (χ2n) is 20.0. The Morgan fingerprint density at radius 3 is 1.86 bits per heavy atom. The van der Waals surface area contributed by atoms with Crippen molar-refractivity contribution in [3.63, 3.8) is 0 Å². The van der Waals surface area contributed by atoms with Gasteiger partial charge in [-0.1, -0.05) is 146 Å². The number of hydrogen-bond acceptors (Lipinski definition) is 12. The summed E-state index contributed by atoms with van der Waals surface area (Å²) in [4.78, 5) is 28.2. The maximum absolute atomic E-state index is 15.7. The molecular weight excluding hydrogens is 932 g/mol. The molecule has 17 heteroatoms. The Morgan fingerprint density at radius 1 is 0.725 bits per heavy atom. The van der Waals surface area contributed by atoms with Crippen LogP contribution in [-0.4, -0.2) is 70.4 Å². The SMILES string of the molecule is CC(C)[Si]1(C(C)C)OC[C@H]2O[C@@H](n3ccc4ccccc43)[C@H](OC(=O)c3ccccc3NC(=O)OC(C)(C)C)[C@@H](OP(=O)(OCc3ccccc3)OCc3ccccc3)[C@@H]2O[Si](C(C)C)(C(C)C)O1. The number of para-hydroxylation sites is 2. The number of phosphoric ester groups is 1. The van der Waals surface area contributed by atoms with E-state index in [0.29, 0.717) is 0 Å². The van der Waals surface area contributed by atoms with Crippen LogP contribution >= 0.6 is 7.82 Å². The van der Waals surface area contributed by atoms with Crippen molar-refractivity contribution in [3.8, 4) is 0 Å². The maximum Gasteiger partial charge on any atom is 0.475 e. The van der Waals surface area contributed by atoms with E-state index in [-0.39, 0.29) is 53.2 Å². The lowest BCUT2D eigenvalue weighted by molar-refractivity contribution is -0.248. The second kappa shape index (κ2) is 21.9. The Hall–Kier alpha value is -4.46. The van der Waals surface area contributed by atoms with Gasteiger partial charge in [0.05, 0.1) is 36.6 Å². The van der Waals surface area contributed by atoms with Gasteiger partial charge in [-0.05, 0) is 83.7 Å². The van der Waals surface area contributed by atoms with E-state index in [4.69, 9.17) is 40.7 Å². The maximum atomic E-state index is 15.7. The molecule has 0 aliphatic carbocycles. The van der Waals surface area contributed by atoms with Crippen LogP contribution in [0.5, 0.6) is 0 Å². The van der Waals surface area contributed by atoms with Crippen LogP contribution in [0.4, 0.5) is 10.5 Å². The molecule has 69 heavy (non-hydrogen) atoms. The topological polar surface area (TPSA) is 151 Å². The highest BCUT2D eigenvalue weighted by Gasteiger charge is 2.63. The van der Waals surface area contributed by atoms with Gasteiger partial charge >= 0.3 is 37.0 Å². The number of anilines is 1. The normalized spacial score (nSPS) is 21.8. The number of rotatable bonds is 16. The fourth-order valence-electron chi connectivity index (χ4n) is 9.18. The van der Waals surface area contributed by atoms with Crippen molar-refractivity contribution >= 4 is 53.6 Å². The zero-order chi connectivity index (χ0) is 49.7. The molecule has 0 unspecified atom stereocenters. The van der Waals surface area contributed by atoms with Gasteiger partial charge in [-0.15, -0.1) is 0 Å². The molecule has 4 aromatic carbocycles. The molecule has 5 aromatic rings. The summed E-state index contributed by atoms with van der Waals surface area (Å²) < 4.78 is 79.3. The highest BCUT2D eigenvalue weighted by Crippen LogP contribution is 2.56. The first-order chi connectivity index (χ1) is 32.7. The highest BCUT2D eigenvalue weighted by molar-refractivity contribution is 7.48. The standard InChI is InChI=1S/C52H69N2O12PSi2/c1-35(2)68(36(3)4)60-34-45-46(65-69(66-68,37(5)6)38(7)8)47(64-67(57,58-32-39-22-14-12-15-23-39)59-33-40-24-16-13-17-25-40)48(49(61-45)54-31-30-41-26-18-21-29-44(41)54)62-50(55)42-27-19-20-28-43(42)53-51(56)63-52(9,10)11/h12-31,35-38,45-49H,32-34H2,1-11H3,(H,53,56)/t45-,46-,47+,48-,49-/m1/s1. The van der Waals surface area contributed by atoms with E-state index in [9.17, 15) is 4.79 Å². The van der Waals surface area contributed by atoms with Gasteiger partial charge < -0.3 is 31.7 Å². The lowest BCUT2D eigenvalue weighted by Crippen LogP contribution is -2.70. The molecule has 14 nitrogen and oxygen atoms in total. The second-order valence-corrected chi connectivity index (χ2v) is 30.4. The van der Waals surface area contributed by atoms with Crippen molar-refractivity contribution in [2.75, 3.05) is 11.9 Å². The fraction of sp³-hybridized carbons (Fsp3) is 0.462. The lowest BCUT2D eigenvalue weighted by atomic mass is 9.97. The quantitative estimate of drug-likeness (QED) is 0.0569. The minimum absolute atomic E-state index is 0.0205. The number of fused-ring (bicyclic) bond motifs is 2. The van der Waals surface area contributed by atoms with E-state index in [1.54, 1.807) is 45.0 Å². The molecule has 1 amide bonds. The van der Waals surface area contributed by atoms with Crippen LogP contribution in [-0.2, 0) is 58.5 Å². The summed E-state index contributed by atoms with van der Waals surface area (Å²) >= 11 is 0. The molecule has 3 heterocycles. The van der Waals surface area contributed by atoms with E-state index >= 15 is 9.36 Å². The number of carbonyl (C=O) groups excluding carboxylic acids is 2. The fourth-order valence-corrected chi connectivity index (χ4v) is 21.7. The number of nitrogens with one attached hydrogen (secondary N) is 1. The summed E-state index contributed by atoms with van der Waals surface area (Å²) in [6.45, 7) is 22.0. The van der Waals surface area contributed by atoms with E-state index in [1.807, 2.05) is 102 Å². The molecule has 0 saturated carbocycles. The molecule has 1 N–H and O–H groups in total. The largest absolute Gasteiger partial charge is 0.475 e. The van der Waals surface area contributed by atoms with Gasteiger partial charge in [0.1, 0.15) is 23.9 Å². The van der Waals surface area contributed by atoms with Crippen LogP contribution in [0.15, 0.2) is 121 Å². The number of nitrogens with zero attached hydrogens (tertiary/aromatic N) is 1. The van der Waals surface area contributed by atoms with Crippen molar-refractivity contribution in [3.05, 3.63) is 138 Å². The molecule has 7 rings (SSSR count). The van der Waals surface area contributed by atoms with Gasteiger partial charge in [-0.3, -0.25) is 18.9 Å². The molecule has 5 atom stereocenters. The number of benzene rings is 4. The van der Waals surface area contributed by atoms with Crippen LogP contribution in [0, 0.1) is 0 Å². The summed E-state index contributed by atoms with van der Waals surface area (Å²) in [5.74, 6) is -0.838. The molecular formula is C52H69N2O12PSi2. The molecule has 2 aliphatic rings. The van der Waals surface area contributed by atoms with Crippen LogP contribution in [0.3, 0.4) is 0 Å². The Morgan fingerprint density at radius 2 is 1.28 bits per heavy atom. The van der Waals surface area contributed by atoms with Crippen molar-refractivity contribution < 1.29 is 54.9 Å². The van der Waals surface area contributed by atoms with Crippen molar-refractivity contribution in [2.45, 2.75) is 148 Å². The van der Waals surface area contributed by atoms with E-state index < -0.39 is 73.3 Å². The number of amides is 1. The monoisotopic (exact) mass is 1000 g/mol. The first-order valence-corrected chi connectivity index (χ1v) is 29.3. The average molecular weight is 1000 g/mol.